The minimum absolute atomic E-state index is 0.000377. The molecule has 0 radical (unpaired) electrons. The first-order chi connectivity index (χ1) is 9.50. The highest BCUT2D eigenvalue weighted by Gasteiger charge is 2.24. The van der Waals surface area contributed by atoms with Crippen molar-refractivity contribution in [1.82, 2.24) is 20.0 Å². The Bertz CT molecular complexity index is 503. The van der Waals surface area contributed by atoms with Gasteiger partial charge in [-0.2, -0.15) is 5.10 Å². The molecule has 20 heavy (non-hydrogen) atoms. The predicted molar refractivity (Wildman–Crippen MR) is 75.3 cm³/mol. The van der Waals surface area contributed by atoms with E-state index >= 15 is 0 Å². The van der Waals surface area contributed by atoms with Crippen LogP contribution in [0.2, 0.25) is 0 Å². The Balaban J connectivity index is 1.96. The molecule has 2 heterocycles. The summed E-state index contributed by atoms with van der Waals surface area (Å²) >= 11 is 0. The number of aromatic nitrogens is 2. The fraction of sp³-hybridized carbons (Fsp3) is 0.643. The fourth-order valence-corrected chi connectivity index (χ4v) is 2.45. The summed E-state index contributed by atoms with van der Waals surface area (Å²) in [6.45, 7) is 5.16. The highest BCUT2D eigenvalue weighted by Crippen LogP contribution is 2.11. The smallest absolute Gasteiger partial charge is 0.255 e. The van der Waals surface area contributed by atoms with E-state index in [1.54, 1.807) is 18.7 Å². The highest BCUT2D eigenvalue weighted by molar-refractivity contribution is 5.98. The SMILES string of the molecule is Cc1c(C(=O)NC(C)C(=O)N2CCCCC2)cnn1C. The normalized spacial score (nSPS) is 16.9. The van der Waals surface area contributed by atoms with E-state index in [1.807, 2.05) is 11.8 Å². The van der Waals surface area contributed by atoms with Gasteiger partial charge in [-0.25, -0.2) is 0 Å². The van der Waals surface area contributed by atoms with Crippen LogP contribution < -0.4 is 5.32 Å². The van der Waals surface area contributed by atoms with Gasteiger partial charge in [0.2, 0.25) is 5.91 Å². The number of hydrogen-bond acceptors (Lipinski definition) is 3. The third kappa shape index (κ3) is 3.00. The largest absolute Gasteiger partial charge is 0.341 e. The average molecular weight is 278 g/mol. The van der Waals surface area contributed by atoms with Gasteiger partial charge in [-0.1, -0.05) is 0 Å². The summed E-state index contributed by atoms with van der Waals surface area (Å²) in [5, 5.41) is 6.80. The van der Waals surface area contributed by atoms with Gasteiger partial charge in [-0.15, -0.1) is 0 Å². The first-order valence-corrected chi connectivity index (χ1v) is 7.09. The summed E-state index contributed by atoms with van der Waals surface area (Å²) in [4.78, 5) is 26.2. The zero-order valence-corrected chi connectivity index (χ0v) is 12.3. The van der Waals surface area contributed by atoms with Crippen LogP contribution in [0.3, 0.4) is 0 Å². The molecular formula is C14H22N4O2. The molecule has 6 heteroatoms. The van der Waals surface area contributed by atoms with Gasteiger partial charge in [0.15, 0.2) is 0 Å². The molecule has 2 rings (SSSR count). The van der Waals surface area contributed by atoms with Gasteiger partial charge in [0.05, 0.1) is 11.8 Å². The average Bonchev–Trinajstić information content (AvgIpc) is 2.79. The summed E-state index contributed by atoms with van der Waals surface area (Å²) < 4.78 is 1.64. The Morgan fingerprint density at radius 2 is 1.95 bits per heavy atom. The van der Waals surface area contributed by atoms with Crippen LogP contribution >= 0.6 is 0 Å². The van der Waals surface area contributed by atoms with Crippen molar-refractivity contribution in [2.45, 2.75) is 39.2 Å². The molecule has 6 nitrogen and oxygen atoms in total. The number of hydrogen-bond donors (Lipinski definition) is 1. The molecule has 1 aliphatic rings. The van der Waals surface area contributed by atoms with Gasteiger partial charge >= 0.3 is 0 Å². The second kappa shape index (κ2) is 6.07. The molecule has 1 unspecified atom stereocenters. The number of aryl methyl sites for hydroxylation is 1. The summed E-state index contributed by atoms with van der Waals surface area (Å²) in [5.41, 5.74) is 1.31. The summed E-state index contributed by atoms with van der Waals surface area (Å²) in [5.74, 6) is -0.243. The van der Waals surface area contributed by atoms with E-state index in [-0.39, 0.29) is 11.8 Å². The Morgan fingerprint density at radius 3 is 2.50 bits per heavy atom. The molecular weight excluding hydrogens is 256 g/mol. The molecule has 1 saturated heterocycles. The maximum Gasteiger partial charge on any atom is 0.255 e. The molecule has 110 valence electrons. The van der Waals surface area contributed by atoms with Crippen molar-refractivity contribution in [3.8, 4) is 0 Å². The van der Waals surface area contributed by atoms with Crippen molar-refractivity contribution in [3.63, 3.8) is 0 Å². The van der Waals surface area contributed by atoms with Crippen LogP contribution in [0.4, 0.5) is 0 Å². The molecule has 1 fully saturated rings. The second-order valence-electron chi connectivity index (χ2n) is 5.35. The number of nitrogens with one attached hydrogen (secondary N) is 1. The van der Waals surface area contributed by atoms with Gasteiger partial charge in [0.1, 0.15) is 6.04 Å². The summed E-state index contributed by atoms with van der Waals surface area (Å²) in [7, 11) is 1.79. The monoisotopic (exact) mass is 278 g/mol. The van der Waals surface area contributed by atoms with E-state index < -0.39 is 6.04 Å². The van der Waals surface area contributed by atoms with E-state index in [4.69, 9.17) is 0 Å². The lowest BCUT2D eigenvalue weighted by atomic mass is 10.1. The van der Waals surface area contributed by atoms with Crippen LogP contribution in [0, 0.1) is 6.92 Å². The molecule has 2 amide bonds. The zero-order chi connectivity index (χ0) is 14.7. The zero-order valence-electron chi connectivity index (χ0n) is 12.3. The van der Waals surface area contributed by atoms with Crippen molar-refractivity contribution in [3.05, 3.63) is 17.5 Å². The van der Waals surface area contributed by atoms with Crippen molar-refractivity contribution < 1.29 is 9.59 Å². The van der Waals surface area contributed by atoms with Crippen molar-refractivity contribution in [1.29, 1.82) is 0 Å². The van der Waals surface area contributed by atoms with E-state index in [1.165, 1.54) is 12.6 Å². The minimum Gasteiger partial charge on any atom is -0.341 e. The molecule has 0 aliphatic carbocycles. The standard InChI is InChI=1S/C14H22N4O2/c1-10(14(20)18-7-5-4-6-8-18)16-13(19)12-9-15-17(3)11(12)2/h9-10H,4-8H2,1-3H3,(H,16,19). The Morgan fingerprint density at radius 1 is 1.30 bits per heavy atom. The quantitative estimate of drug-likeness (QED) is 0.891. The first-order valence-electron chi connectivity index (χ1n) is 7.09. The summed E-state index contributed by atoms with van der Waals surface area (Å²) in [6, 6.07) is -0.500. The molecule has 1 aliphatic heterocycles. The lowest BCUT2D eigenvalue weighted by Crippen LogP contribution is -2.48. The third-order valence-corrected chi connectivity index (χ3v) is 3.87. The first kappa shape index (κ1) is 14.6. The number of carbonyl (C=O) groups is 2. The van der Waals surface area contributed by atoms with Crippen LogP contribution in [0.25, 0.3) is 0 Å². The van der Waals surface area contributed by atoms with Crippen LogP contribution in [0.1, 0.15) is 42.2 Å². The number of carbonyl (C=O) groups excluding carboxylic acids is 2. The highest BCUT2D eigenvalue weighted by atomic mass is 16.2. The minimum atomic E-state index is -0.500. The van der Waals surface area contributed by atoms with E-state index in [2.05, 4.69) is 10.4 Å². The molecule has 1 atom stereocenters. The maximum absolute atomic E-state index is 12.2. The van der Waals surface area contributed by atoms with E-state index in [0.717, 1.165) is 31.6 Å². The fourth-order valence-electron chi connectivity index (χ4n) is 2.45. The van der Waals surface area contributed by atoms with Crippen LogP contribution in [-0.2, 0) is 11.8 Å². The molecule has 0 saturated carbocycles. The van der Waals surface area contributed by atoms with Crippen molar-refractivity contribution >= 4 is 11.8 Å². The number of amides is 2. The Hall–Kier alpha value is -1.85. The molecule has 1 N–H and O–H groups in total. The molecule has 0 spiro atoms. The molecule has 1 aromatic heterocycles. The Kier molecular flexibility index (Phi) is 4.42. The van der Waals surface area contributed by atoms with Gasteiger partial charge in [-0.3, -0.25) is 14.3 Å². The van der Waals surface area contributed by atoms with Gasteiger partial charge < -0.3 is 10.2 Å². The predicted octanol–water partition coefficient (Wildman–Crippen LogP) is 0.859. The van der Waals surface area contributed by atoms with E-state index in [9.17, 15) is 9.59 Å². The van der Waals surface area contributed by atoms with Gasteiger partial charge in [-0.05, 0) is 33.1 Å². The number of piperidine rings is 1. The van der Waals surface area contributed by atoms with Crippen molar-refractivity contribution in [2.24, 2.45) is 7.05 Å². The third-order valence-electron chi connectivity index (χ3n) is 3.87. The van der Waals surface area contributed by atoms with Crippen LogP contribution in [-0.4, -0.2) is 45.6 Å². The van der Waals surface area contributed by atoms with Gasteiger partial charge in [0, 0.05) is 25.8 Å². The lowest BCUT2D eigenvalue weighted by Gasteiger charge is -2.29. The number of rotatable bonds is 3. The van der Waals surface area contributed by atoms with E-state index in [0.29, 0.717) is 5.56 Å². The molecule has 1 aromatic rings. The lowest BCUT2D eigenvalue weighted by molar-refractivity contribution is -0.133. The second-order valence-corrected chi connectivity index (χ2v) is 5.35. The van der Waals surface area contributed by atoms with Crippen LogP contribution in [0.15, 0.2) is 6.20 Å². The number of likely N-dealkylation sites (tertiary alicyclic amines) is 1. The molecule has 0 aromatic carbocycles. The van der Waals surface area contributed by atoms with Gasteiger partial charge in [0.25, 0.3) is 5.91 Å². The maximum atomic E-state index is 12.2. The topological polar surface area (TPSA) is 67.2 Å². The number of nitrogens with zero attached hydrogens (tertiary/aromatic N) is 3. The molecule has 0 bridgehead atoms. The summed E-state index contributed by atoms with van der Waals surface area (Å²) in [6.07, 6.45) is 4.81. The van der Waals surface area contributed by atoms with Crippen LogP contribution in [0.5, 0.6) is 0 Å². The van der Waals surface area contributed by atoms with Crippen molar-refractivity contribution in [2.75, 3.05) is 13.1 Å². The Labute approximate surface area is 119 Å².